The Labute approximate surface area is 193 Å². The van der Waals surface area contributed by atoms with Crippen LogP contribution in [0, 0.1) is 0 Å². The number of hydrogen-bond acceptors (Lipinski definition) is 1. The van der Waals surface area contributed by atoms with Crippen molar-refractivity contribution in [2.24, 2.45) is 0 Å². The highest BCUT2D eigenvalue weighted by molar-refractivity contribution is 6.99. The maximum absolute atomic E-state index is 6.99. The first-order valence-electron chi connectivity index (χ1n) is 12.3. The van der Waals surface area contributed by atoms with E-state index in [1.807, 2.05) is 0 Å². The number of unbranched alkanes of at least 4 members (excludes halogenated alkanes) is 5. The molecule has 2 heteroatoms. The highest BCUT2D eigenvalue weighted by Crippen LogP contribution is 2.36. The van der Waals surface area contributed by atoms with Crippen molar-refractivity contribution >= 4 is 18.7 Å². The summed E-state index contributed by atoms with van der Waals surface area (Å²) in [5, 5.41) is 2.81. The lowest BCUT2D eigenvalue weighted by Gasteiger charge is -2.43. The van der Waals surface area contributed by atoms with Gasteiger partial charge >= 0.3 is 0 Å². The van der Waals surface area contributed by atoms with Crippen molar-refractivity contribution < 1.29 is 4.43 Å². The number of benzene rings is 2. The largest absolute Gasteiger partial charge is 0.407 e. The Kier molecular flexibility index (Phi) is 10.8. The van der Waals surface area contributed by atoms with Crippen molar-refractivity contribution in [2.45, 2.75) is 91.0 Å². The van der Waals surface area contributed by atoms with Gasteiger partial charge in [-0.05, 0) is 54.4 Å². The van der Waals surface area contributed by atoms with Crippen molar-refractivity contribution in [2.75, 3.05) is 6.61 Å². The molecule has 0 atom stereocenters. The van der Waals surface area contributed by atoms with Gasteiger partial charge in [0.25, 0.3) is 8.32 Å². The molecule has 0 N–H and O–H groups in total. The molecule has 1 nitrogen and oxygen atoms in total. The van der Waals surface area contributed by atoms with Crippen molar-refractivity contribution in [3.05, 3.63) is 72.3 Å². The molecule has 2 aromatic carbocycles. The molecule has 0 saturated heterocycles. The van der Waals surface area contributed by atoms with E-state index in [0.29, 0.717) is 0 Å². The second-order valence-electron chi connectivity index (χ2n) is 9.87. The molecule has 0 spiro atoms. The number of rotatable bonds is 13. The topological polar surface area (TPSA) is 9.23 Å². The van der Waals surface area contributed by atoms with Crippen LogP contribution in [-0.2, 0) is 4.43 Å². The molecule has 170 valence electrons. The van der Waals surface area contributed by atoms with Crippen molar-refractivity contribution in [3.8, 4) is 0 Å². The summed E-state index contributed by atoms with van der Waals surface area (Å²) >= 11 is 0. The maximum atomic E-state index is 6.99. The van der Waals surface area contributed by atoms with Gasteiger partial charge in [0, 0.05) is 6.61 Å². The molecule has 2 aromatic rings. The second kappa shape index (κ2) is 13.0. The molecule has 0 amide bonds. The summed E-state index contributed by atoms with van der Waals surface area (Å²) in [5.41, 5.74) is 1.56. The Morgan fingerprint density at radius 2 is 1.39 bits per heavy atom. The third kappa shape index (κ3) is 7.47. The molecular formula is C29H44OSi. The van der Waals surface area contributed by atoms with Crippen LogP contribution in [0.5, 0.6) is 0 Å². The molecule has 0 saturated carbocycles. The Bertz CT molecular complexity index is 719. The SMILES string of the molecule is CCCCC/C=C(\C)CCCCCO[Si](c1ccccc1)(c1ccccc1)C(C)(C)C. The van der Waals surface area contributed by atoms with Crippen LogP contribution in [0.2, 0.25) is 5.04 Å². The molecule has 0 aliphatic rings. The lowest BCUT2D eigenvalue weighted by atomic mass is 10.1. The van der Waals surface area contributed by atoms with Crippen LogP contribution in [0.1, 0.15) is 86.0 Å². The molecule has 0 aromatic heterocycles. The average molecular weight is 437 g/mol. The van der Waals surface area contributed by atoms with Gasteiger partial charge in [-0.2, -0.15) is 0 Å². The Morgan fingerprint density at radius 1 is 0.806 bits per heavy atom. The summed E-state index contributed by atoms with van der Waals surface area (Å²) < 4.78 is 6.99. The minimum absolute atomic E-state index is 0.0630. The van der Waals surface area contributed by atoms with Gasteiger partial charge in [0.05, 0.1) is 0 Å². The van der Waals surface area contributed by atoms with Gasteiger partial charge in [-0.25, -0.2) is 0 Å². The first-order valence-corrected chi connectivity index (χ1v) is 14.2. The monoisotopic (exact) mass is 436 g/mol. The zero-order valence-electron chi connectivity index (χ0n) is 20.6. The zero-order valence-corrected chi connectivity index (χ0v) is 21.6. The summed E-state index contributed by atoms with van der Waals surface area (Å²) in [7, 11) is -2.37. The summed E-state index contributed by atoms with van der Waals surface area (Å²) in [6.07, 6.45) is 12.5. The van der Waals surface area contributed by atoms with Gasteiger partial charge < -0.3 is 4.43 Å². The fraction of sp³-hybridized carbons (Fsp3) is 0.517. The van der Waals surface area contributed by atoms with Crippen LogP contribution in [0.4, 0.5) is 0 Å². The Morgan fingerprint density at radius 3 is 1.90 bits per heavy atom. The predicted octanol–water partition coefficient (Wildman–Crippen LogP) is 7.65. The van der Waals surface area contributed by atoms with Gasteiger partial charge in [0.1, 0.15) is 0 Å². The van der Waals surface area contributed by atoms with Crippen LogP contribution in [0.3, 0.4) is 0 Å². The van der Waals surface area contributed by atoms with E-state index in [-0.39, 0.29) is 5.04 Å². The van der Waals surface area contributed by atoms with E-state index >= 15 is 0 Å². The minimum Gasteiger partial charge on any atom is -0.407 e. The highest BCUT2D eigenvalue weighted by Gasteiger charge is 2.49. The molecule has 0 unspecified atom stereocenters. The van der Waals surface area contributed by atoms with E-state index in [1.54, 1.807) is 5.57 Å². The van der Waals surface area contributed by atoms with E-state index in [4.69, 9.17) is 4.43 Å². The van der Waals surface area contributed by atoms with Crippen molar-refractivity contribution in [1.29, 1.82) is 0 Å². The summed E-state index contributed by atoms with van der Waals surface area (Å²) in [5.74, 6) is 0. The van der Waals surface area contributed by atoms with E-state index < -0.39 is 8.32 Å². The van der Waals surface area contributed by atoms with Crippen LogP contribution in [-0.4, -0.2) is 14.9 Å². The summed E-state index contributed by atoms with van der Waals surface area (Å²) in [6.45, 7) is 12.5. The molecule has 0 aliphatic heterocycles. The van der Waals surface area contributed by atoms with Crippen LogP contribution < -0.4 is 10.4 Å². The summed E-state index contributed by atoms with van der Waals surface area (Å²) in [6, 6.07) is 21.9. The molecule has 0 fully saturated rings. The van der Waals surface area contributed by atoms with Crippen molar-refractivity contribution in [3.63, 3.8) is 0 Å². The summed E-state index contributed by atoms with van der Waals surface area (Å²) in [4.78, 5) is 0. The van der Waals surface area contributed by atoms with E-state index in [0.717, 1.165) is 13.0 Å². The fourth-order valence-electron chi connectivity index (χ4n) is 4.51. The van der Waals surface area contributed by atoms with E-state index in [9.17, 15) is 0 Å². The molecule has 0 radical (unpaired) electrons. The molecule has 31 heavy (non-hydrogen) atoms. The lowest BCUT2D eigenvalue weighted by molar-refractivity contribution is 0.287. The first-order chi connectivity index (χ1) is 14.9. The quantitative estimate of drug-likeness (QED) is 0.178. The third-order valence-electron chi connectivity index (χ3n) is 6.25. The standard InChI is InChI=1S/C29H44OSi/c1-6-7-8-12-19-26(2)20-13-11-18-25-30-31(29(3,4)5,27-21-14-9-15-22-27)28-23-16-10-17-24-28/h9-10,14-17,19,21-24H,6-8,11-13,18,20,25H2,1-5H3/b26-19+. The smallest absolute Gasteiger partial charge is 0.261 e. The lowest BCUT2D eigenvalue weighted by Crippen LogP contribution is -2.66. The molecule has 0 bridgehead atoms. The van der Waals surface area contributed by atoms with E-state index in [1.165, 1.54) is 55.3 Å². The maximum Gasteiger partial charge on any atom is 0.261 e. The second-order valence-corrected chi connectivity index (χ2v) is 14.2. The van der Waals surface area contributed by atoms with Crippen LogP contribution in [0.15, 0.2) is 72.3 Å². The number of hydrogen-bond donors (Lipinski definition) is 0. The fourth-order valence-corrected chi connectivity index (χ4v) is 9.12. The van der Waals surface area contributed by atoms with Gasteiger partial charge in [-0.3, -0.25) is 0 Å². The van der Waals surface area contributed by atoms with Gasteiger partial charge in [0.2, 0.25) is 0 Å². The highest BCUT2D eigenvalue weighted by atomic mass is 28.4. The molecule has 0 heterocycles. The minimum atomic E-state index is -2.37. The predicted molar refractivity (Wildman–Crippen MR) is 140 cm³/mol. The zero-order chi connectivity index (χ0) is 22.6. The first kappa shape index (κ1) is 25.6. The van der Waals surface area contributed by atoms with E-state index in [2.05, 4.69) is 101 Å². The molecule has 0 aliphatic carbocycles. The van der Waals surface area contributed by atoms with Gasteiger partial charge in [-0.1, -0.05) is 119 Å². The van der Waals surface area contributed by atoms with Crippen LogP contribution in [0.25, 0.3) is 0 Å². The Balaban J connectivity index is 2.00. The number of allylic oxidation sites excluding steroid dienone is 2. The third-order valence-corrected chi connectivity index (χ3v) is 11.3. The van der Waals surface area contributed by atoms with Crippen molar-refractivity contribution in [1.82, 2.24) is 0 Å². The van der Waals surface area contributed by atoms with Gasteiger partial charge in [-0.15, -0.1) is 0 Å². The van der Waals surface area contributed by atoms with Gasteiger partial charge in [0.15, 0.2) is 0 Å². The average Bonchev–Trinajstić information content (AvgIpc) is 2.76. The Hall–Kier alpha value is -1.64. The van der Waals surface area contributed by atoms with Crippen LogP contribution >= 0.6 is 0 Å². The molecule has 2 rings (SSSR count). The normalized spacial score (nSPS) is 12.9. The molecular weight excluding hydrogens is 392 g/mol.